The molecule has 0 saturated heterocycles. The first-order valence-electron chi connectivity index (χ1n) is 5.84. The molecule has 0 fully saturated rings. The molecule has 10 heteroatoms. The van der Waals surface area contributed by atoms with Gasteiger partial charge in [0.2, 0.25) is 10.0 Å². The van der Waals surface area contributed by atoms with Crippen molar-refractivity contribution in [2.75, 3.05) is 0 Å². The van der Waals surface area contributed by atoms with Gasteiger partial charge in [0.15, 0.2) is 0 Å². The van der Waals surface area contributed by atoms with Crippen LogP contribution in [-0.2, 0) is 16.2 Å². The summed E-state index contributed by atoms with van der Waals surface area (Å²) in [5.74, 6) is 0. The average Bonchev–Trinajstić information content (AvgIpc) is 3.03. The van der Waals surface area contributed by atoms with Crippen LogP contribution in [0.5, 0.6) is 0 Å². The Kier molecular flexibility index (Phi) is 3.27. The Morgan fingerprint density at radius 2 is 1.95 bits per heavy atom. The lowest BCUT2D eigenvalue weighted by atomic mass is 10.1. The quantitative estimate of drug-likeness (QED) is 0.747. The summed E-state index contributed by atoms with van der Waals surface area (Å²) in [5, 5.41) is 5.30. The van der Waals surface area contributed by atoms with Crippen molar-refractivity contribution >= 4 is 32.4 Å². The summed E-state index contributed by atoms with van der Waals surface area (Å²) < 4.78 is 60.8. The van der Waals surface area contributed by atoms with Gasteiger partial charge in [-0.05, 0) is 24.3 Å². The van der Waals surface area contributed by atoms with Gasteiger partial charge < -0.3 is 4.98 Å². The van der Waals surface area contributed by atoms with Crippen molar-refractivity contribution in [1.29, 1.82) is 0 Å². The van der Waals surface area contributed by atoms with Gasteiger partial charge in [0.1, 0.15) is 15.6 Å². The van der Waals surface area contributed by atoms with E-state index in [1.165, 1.54) is 24.4 Å². The first kappa shape index (κ1) is 15.0. The number of sulfonamides is 1. The second-order valence-corrected chi connectivity index (χ2v) is 7.34. The highest BCUT2D eigenvalue weighted by Gasteiger charge is 2.33. The molecule has 3 N–H and O–H groups in total. The fourth-order valence-corrected chi connectivity index (χ4v) is 3.78. The van der Waals surface area contributed by atoms with Crippen molar-refractivity contribution in [1.82, 2.24) is 9.97 Å². The van der Waals surface area contributed by atoms with Crippen molar-refractivity contribution in [2.24, 2.45) is 5.14 Å². The predicted molar refractivity (Wildman–Crippen MR) is 75.8 cm³/mol. The van der Waals surface area contributed by atoms with E-state index in [9.17, 15) is 21.6 Å². The molecule has 0 unspecified atom stereocenters. The molecule has 3 aromatic rings. The van der Waals surface area contributed by atoms with Crippen LogP contribution < -0.4 is 5.14 Å². The number of hydrogen-bond donors (Lipinski definition) is 2. The molecule has 0 aliphatic heterocycles. The van der Waals surface area contributed by atoms with Gasteiger partial charge in [-0.1, -0.05) is 0 Å². The number of nitrogens with zero attached hydrogens (tertiary/aromatic N) is 1. The highest BCUT2D eigenvalue weighted by molar-refractivity contribution is 7.91. The van der Waals surface area contributed by atoms with Gasteiger partial charge in [0.05, 0.1) is 0 Å². The molecule has 0 aliphatic carbocycles. The fourth-order valence-electron chi connectivity index (χ4n) is 2.01. The van der Waals surface area contributed by atoms with E-state index in [0.29, 0.717) is 10.4 Å². The first-order chi connectivity index (χ1) is 10.2. The van der Waals surface area contributed by atoms with Crippen molar-refractivity contribution in [2.45, 2.75) is 10.4 Å². The molecule has 116 valence electrons. The topological polar surface area (TPSA) is 88.8 Å². The summed E-state index contributed by atoms with van der Waals surface area (Å²) in [6, 6.07) is 5.29. The predicted octanol–water partition coefficient (Wildman–Crippen LogP) is 2.96. The van der Waals surface area contributed by atoms with Crippen LogP contribution in [0.25, 0.3) is 21.5 Å². The molecule has 0 bridgehead atoms. The normalized spacial score (nSPS) is 12.9. The van der Waals surface area contributed by atoms with E-state index in [1.807, 2.05) is 0 Å². The minimum atomic E-state index is -4.51. The molecule has 0 spiro atoms. The Bertz CT molecular complexity index is 958. The SMILES string of the molecule is NS(=O)(=O)c1ccc(-c2ccnc3[nH]c(C(F)(F)F)cc23)s1. The fraction of sp³-hybridized carbons (Fsp3) is 0.0833. The van der Waals surface area contributed by atoms with E-state index in [1.54, 1.807) is 0 Å². The van der Waals surface area contributed by atoms with Crippen LogP contribution in [0.4, 0.5) is 13.2 Å². The van der Waals surface area contributed by atoms with E-state index >= 15 is 0 Å². The Balaban J connectivity index is 2.19. The van der Waals surface area contributed by atoms with Crippen LogP contribution >= 0.6 is 11.3 Å². The molecular weight excluding hydrogens is 339 g/mol. The number of H-pyrrole nitrogens is 1. The highest BCUT2D eigenvalue weighted by atomic mass is 32.2. The Morgan fingerprint density at radius 1 is 1.23 bits per heavy atom. The summed E-state index contributed by atoms with van der Waals surface area (Å²) in [5.41, 5.74) is -0.377. The summed E-state index contributed by atoms with van der Waals surface area (Å²) in [6.45, 7) is 0. The van der Waals surface area contributed by atoms with E-state index in [4.69, 9.17) is 5.14 Å². The molecule has 0 radical (unpaired) electrons. The second kappa shape index (κ2) is 4.80. The minimum absolute atomic E-state index is 0.0564. The summed E-state index contributed by atoms with van der Waals surface area (Å²) >= 11 is 0.889. The van der Waals surface area contributed by atoms with Gasteiger partial charge in [-0.25, -0.2) is 18.5 Å². The third-order valence-corrected chi connectivity index (χ3v) is 5.52. The lowest BCUT2D eigenvalue weighted by Gasteiger charge is -2.00. The van der Waals surface area contributed by atoms with Gasteiger partial charge in [-0.3, -0.25) is 0 Å². The lowest BCUT2D eigenvalue weighted by molar-refractivity contribution is -0.140. The Hall–Kier alpha value is -1.91. The van der Waals surface area contributed by atoms with E-state index in [0.717, 1.165) is 17.4 Å². The Labute approximate surface area is 126 Å². The number of thiophene rings is 1. The molecule has 3 rings (SSSR count). The van der Waals surface area contributed by atoms with Crippen molar-refractivity contribution < 1.29 is 21.6 Å². The number of pyridine rings is 1. The minimum Gasteiger partial charge on any atom is -0.336 e. The van der Waals surface area contributed by atoms with Crippen LogP contribution in [-0.4, -0.2) is 18.4 Å². The number of fused-ring (bicyclic) bond motifs is 1. The molecule has 22 heavy (non-hydrogen) atoms. The third kappa shape index (κ3) is 2.60. The summed E-state index contributed by atoms with van der Waals surface area (Å²) in [4.78, 5) is 6.56. The molecule has 3 aromatic heterocycles. The molecule has 0 atom stereocenters. The van der Waals surface area contributed by atoms with Gasteiger partial charge in [0, 0.05) is 22.0 Å². The van der Waals surface area contributed by atoms with Crippen LogP contribution in [0.1, 0.15) is 5.69 Å². The first-order valence-corrected chi connectivity index (χ1v) is 8.20. The van der Waals surface area contributed by atoms with Gasteiger partial charge >= 0.3 is 6.18 Å². The maximum Gasteiger partial charge on any atom is 0.431 e. The van der Waals surface area contributed by atoms with Crippen molar-refractivity contribution in [3.63, 3.8) is 0 Å². The summed E-state index contributed by atoms with van der Waals surface area (Å²) in [7, 11) is -3.85. The number of rotatable bonds is 2. The number of aromatic amines is 1. The van der Waals surface area contributed by atoms with Crippen molar-refractivity contribution in [3.8, 4) is 10.4 Å². The highest BCUT2D eigenvalue weighted by Crippen LogP contribution is 2.37. The Morgan fingerprint density at radius 3 is 2.55 bits per heavy atom. The number of hydrogen-bond acceptors (Lipinski definition) is 4. The van der Waals surface area contributed by atoms with Gasteiger partial charge in [-0.2, -0.15) is 13.2 Å². The molecule has 0 aromatic carbocycles. The molecule has 0 aliphatic rings. The molecule has 3 heterocycles. The lowest BCUT2D eigenvalue weighted by Crippen LogP contribution is -2.09. The number of nitrogens with two attached hydrogens (primary N) is 1. The van der Waals surface area contributed by atoms with Crippen LogP contribution in [0, 0.1) is 0 Å². The third-order valence-electron chi connectivity index (χ3n) is 2.96. The zero-order valence-corrected chi connectivity index (χ0v) is 12.3. The number of nitrogens with one attached hydrogen (secondary N) is 1. The number of halogens is 3. The molecular formula is C12H8F3N3O2S2. The van der Waals surface area contributed by atoms with E-state index in [2.05, 4.69) is 9.97 Å². The van der Waals surface area contributed by atoms with Gasteiger partial charge in [-0.15, -0.1) is 11.3 Å². The zero-order valence-electron chi connectivity index (χ0n) is 10.7. The standard InChI is InChI=1S/C12H8F3N3O2S2/c13-12(14,15)9-5-7-6(3-4-17-11(7)18-9)8-1-2-10(21-8)22(16,19)20/h1-5H,(H,17,18)(H2,16,19,20). The largest absolute Gasteiger partial charge is 0.431 e. The molecule has 5 nitrogen and oxygen atoms in total. The number of alkyl halides is 3. The van der Waals surface area contributed by atoms with E-state index in [-0.39, 0.29) is 15.2 Å². The van der Waals surface area contributed by atoms with E-state index < -0.39 is 21.9 Å². The monoisotopic (exact) mass is 347 g/mol. The van der Waals surface area contributed by atoms with Crippen LogP contribution in [0.15, 0.2) is 34.7 Å². The number of aromatic nitrogens is 2. The second-order valence-electron chi connectivity index (χ2n) is 4.47. The smallest absolute Gasteiger partial charge is 0.336 e. The number of primary sulfonamides is 1. The van der Waals surface area contributed by atoms with Crippen molar-refractivity contribution in [3.05, 3.63) is 36.2 Å². The molecule has 0 amide bonds. The zero-order chi connectivity index (χ0) is 16.1. The molecule has 0 saturated carbocycles. The maximum atomic E-state index is 12.8. The van der Waals surface area contributed by atoms with Crippen LogP contribution in [0.2, 0.25) is 0 Å². The van der Waals surface area contributed by atoms with Gasteiger partial charge in [0.25, 0.3) is 0 Å². The maximum absolute atomic E-state index is 12.8. The average molecular weight is 347 g/mol. The van der Waals surface area contributed by atoms with Crippen LogP contribution in [0.3, 0.4) is 0 Å². The summed E-state index contributed by atoms with van der Waals surface area (Å²) in [6.07, 6.45) is -3.16.